The van der Waals surface area contributed by atoms with Crippen LogP contribution in [0.1, 0.15) is 82.4 Å². The molecule has 1 aliphatic rings. The Morgan fingerprint density at radius 2 is 1.54 bits per heavy atom. The molecule has 1 fully saturated rings. The highest BCUT2D eigenvalue weighted by Gasteiger charge is 2.25. The van der Waals surface area contributed by atoms with E-state index < -0.39 is 0 Å². The second kappa shape index (κ2) is 11.5. The number of aryl methyl sites for hydroxylation is 1. The first-order valence-corrected chi connectivity index (χ1v) is 13.1. The van der Waals surface area contributed by atoms with E-state index in [9.17, 15) is 9.59 Å². The van der Waals surface area contributed by atoms with E-state index in [1.165, 1.54) is 16.9 Å². The molecular weight excluding hydrogens is 458 g/mol. The van der Waals surface area contributed by atoms with Crippen LogP contribution in [-0.4, -0.2) is 28.9 Å². The van der Waals surface area contributed by atoms with E-state index in [0.717, 1.165) is 42.0 Å². The van der Waals surface area contributed by atoms with Crippen LogP contribution >= 0.6 is 11.3 Å². The number of benzene rings is 2. The van der Waals surface area contributed by atoms with Gasteiger partial charge in [-0.05, 0) is 68.4 Å². The number of aromatic nitrogens is 1. The number of carbonyl (C=O) groups excluding carboxylic acids is 2. The molecule has 7 heteroatoms. The number of nitrogens with one attached hydrogen (secondary N) is 2. The second-order valence-corrected chi connectivity index (χ2v) is 10.4. The van der Waals surface area contributed by atoms with Crippen molar-refractivity contribution < 1.29 is 14.3 Å². The fourth-order valence-electron chi connectivity index (χ4n) is 4.19. The molecule has 0 atom stereocenters. The lowest BCUT2D eigenvalue weighted by Gasteiger charge is -2.29. The fraction of sp³-hybridized carbons (Fsp3) is 0.393. The molecule has 1 aliphatic carbocycles. The summed E-state index contributed by atoms with van der Waals surface area (Å²) in [5.74, 6) is 1.09. The number of hydrogen-bond donors (Lipinski definition) is 2. The topological polar surface area (TPSA) is 80.3 Å². The van der Waals surface area contributed by atoms with Crippen molar-refractivity contribution in [2.45, 2.75) is 71.1 Å². The van der Waals surface area contributed by atoms with Crippen molar-refractivity contribution in [3.63, 3.8) is 0 Å². The Labute approximate surface area is 211 Å². The molecule has 2 amide bonds. The molecule has 2 aromatic carbocycles. The third kappa shape index (κ3) is 6.92. The van der Waals surface area contributed by atoms with E-state index in [1.54, 1.807) is 5.38 Å². The quantitative estimate of drug-likeness (QED) is 0.428. The van der Waals surface area contributed by atoms with Crippen molar-refractivity contribution in [1.29, 1.82) is 0 Å². The molecule has 6 nitrogen and oxygen atoms in total. The molecule has 4 rings (SSSR count). The summed E-state index contributed by atoms with van der Waals surface area (Å²) in [6.07, 6.45) is 3.34. The van der Waals surface area contributed by atoms with Crippen LogP contribution in [0.25, 0.3) is 0 Å². The van der Waals surface area contributed by atoms with Gasteiger partial charge in [-0.1, -0.05) is 43.7 Å². The van der Waals surface area contributed by atoms with Crippen LogP contribution in [-0.2, 0) is 6.61 Å². The zero-order valence-electron chi connectivity index (χ0n) is 20.5. The molecule has 35 heavy (non-hydrogen) atoms. The summed E-state index contributed by atoms with van der Waals surface area (Å²) in [5, 5.41) is 8.78. The molecule has 1 heterocycles. The summed E-state index contributed by atoms with van der Waals surface area (Å²) in [7, 11) is 0. The summed E-state index contributed by atoms with van der Waals surface area (Å²) in [6, 6.07) is 15.9. The summed E-state index contributed by atoms with van der Waals surface area (Å²) >= 11 is 1.43. The van der Waals surface area contributed by atoms with Crippen LogP contribution in [0.15, 0.2) is 53.9 Å². The number of carbonyl (C=O) groups is 2. The van der Waals surface area contributed by atoms with E-state index in [-0.39, 0.29) is 23.9 Å². The minimum Gasteiger partial charge on any atom is -0.486 e. The van der Waals surface area contributed by atoms with Crippen molar-refractivity contribution in [2.24, 2.45) is 0 Å². The van der Waals surface area contributed by atoms with Crippen LogP contribution in [0.5, 0.6) is 5.75 Å². The van der Waals surface area contributed by atoms with Gasteiger partial charge in [-0.15, -0.1) is 11.3 Å². The van der Waals surface area contributed by atoms with Gasteiger partial charge in [0.25, 0.3) is 11.8 Å². The maximum absolute atomic E-state index is 12.7. The van der Waals surface area contributed by atoms with Crippen molar-refractivity contribution >= 4 is 23.2 Å². The van der Waals surface area contributed by atoms with E-state index >= 15 is 0 Å². The maximum Gasteiger partial charge on any atom is 0.270 e. The van der Waals surface area contributed by atoms with Gasteiger partial charge >= 0.3 is 0 Å². The number of hydrogen-bond acceptors (Lipinski definition) is 5. The second-order valence-electron chi connectivity index (χ2n) is 9.50. The molecule has 184 valence electrons. The molecule has 0 saturated heterocycles. The first-order chi connectivity index (χ1) is 16.9. The first-order valence-electron chi connectivity index (χ1n) is 12.2. The lowest BCUT2D eigenvalue weighted by molar-refractivity contribution is 0.0889. The molecule has 0 aliphatic heterocycles. The third-order valence-corrected chi connectivity index (χ3v) is 7.23. The Morgan fingerprint density at radius 3 is 2.14 bits per heavy atom. The maximum atomic E-state index is 12.7. The molecule has 2 N–H and O–H groups in total. The van der Waals surface area contributed by atoms with Gasteiger partial charge < -0.3 is 15.4 Å². The normalized spacial score (nSPS) is 17.7. The van der Waals surface area contributed by atoms with Gasteiger partial charge in [0.1, 0.15) is 23.1 Å². The van der Waals surface area contributed by atoms with Gasteiger partial charge in [0.05, 0.1) is 0 Å². The van der Waals surface area contributed by atoms with Crippen molar-refractivity contribution in [3.05, 3.63) is 81.3 Å². The van der Waals surface area contributed by atoms with Gasteiger partial charge in [0.2, 0.25) is 0 Å². The van der Waals surface area contributed by atoms with E-state index in [4.69, 9.17) is 4.74 Å². The predicted octanol–water partition coefficient (Wildman–Crippen LogP) is 5.62. The number of thiazole rings is 1. The van der Waals surface area contributed by atoms with Crippen LogP contribution in [0.4, 0.5) is 0 Å². The lowest BCUT2D eigenvalue weighted by Crippen LogP contribution is -2.43. The highest BCUT2D eigenvalue weighted by atomic mass is 32.1. The van der Waals surface area contributed by atoms with Gasteiger partial charge in [-0.2, -0.15) is 0 Å². The zero-order chi connectivity index (χ0) is 24.8. The number of amides is 2. The average Bonchev–Trinajstić information content (AvgIpc) is 3.34. The van der Waals surface area contributed by atoms with Gasteiger partial charge in [-0.25, -0.2) is 4.98 Å². The molecule has 0 unspecified atom stereocenters. The molecule has 0 spiro atoms. The Kier molecular flexibility index (Phi) is 8.18. The summed E-state index contributed by atoms with van der Waals surface area (Å²) in [4.78, 5) is 29.6. The van der Waals surface area contributed by atoms with E-state index in [1.807, 2.05) is 43.3 Å². The van der Waals surface area contributed by atoms with E-state index in [0.29, 0.717) is 23.8 Å². The Hall–Kier alpha value is -3.19. The first kappa shape index (κ1) is 24.9. The molecule has 1 aromatic heterocycles. The van der Waals surface area contributed by atoms with Crippen LogP contribution in [0, 0.1) is 6.92 Å². The monoisotopic (exact) mass is 491 g/mol. The van der Waals surface area contributed by atoms with Gasteiger partial charge in [0.15, 0.2) is 0 Å². The van der Waals surface area contributed by atoms with Crippen molar-refractivity contribution in [3.8, 4) is 5.75 Å². The third-order valence-electron chi connectivity index (χ3n) is 6.40. The van der Waals surface area contributed by atoms with Crippen LogP contribution in [0.3, 0.4) is 0 Å². The van der Waals surface area contributed by atoms with Crippen LogP contribution in [0.2, 0.25) is 0 Å². The summed E-state index contributed by atoms with van der Waals surface area (Å²) in [5.41, 5.74) is 3.52. The highest BCUT2D eigenvalue weighted by Crippen LogP contribution is 2.22. The molecule has 0 bridgehead atoms. The minimum absolute atomic E-state index is 0.0365. The number of rotatable bonds is 8. The SMILES string of the molecule is Cc1ccc(C(=O)NC2CCC(NC(=O)c3csc(COc4ccc(C(C)C)cc4)n3)CC2)cc1. The molecule has 3 aromatic rings. The van der Waals surface area contributed by atoms with Gasteiger partial charge in [-0.3, -0.25) is 9.59 Å². The summed E-state index contributed by atoms with van der Waals surface area (Å²) in [6.45, 7) is 6.66. The lowest BCUT2D eigenvalue weighted by atomic mass is 9.91. The minimum atomic E-state index is -0.152. The smallest absolute Gasteiger partial charge is 0.270 e. The Morgan fingerprint density at radius 1 is 0.943 bits per heavy atom. The largest absolute Gasteiger partial charge is 0.486 e. The Bertz CT molecular complexity index is 1130. The van der Waals surface area contributed by atoms with Crippen molar-refractivity contribution in [1.82, 2.24) is 15.6 Å². The predicted molar refractivity (Wildman–Crippen MR) is 139 cm³/mol. The fourth-order valence-corrected chi connectivity index (χ4v) is 4.88. The zero-order valence-corrected chi connectivity index (χ0v) is 21.4. The molecule has 0 radical (unpaired) electrons. The highest BCUT2D eigenvalue weighted by molar-refractivity contribution is 7.09. The molecular formula is C28H33N3O3S. The standard InChI is InChI=1S/C28H33N3O3S/c1-18(2)20-8-14-24(15-9-20)34-16-26-31-25(17-35-26)28(33)30-23-12-10-22(11-13-23)29-27(32)21-6-4-19(3)5-7-21/h4-9,14-15,17-18,22-23H,10-13,16H2,1-3H3,(H,29,32)(H,30,33). The number of ether oxygens (including phenoxy) is 1. The van der Waals surface area contributed by atoms with E-state index in [2.05, 4.69) is 41.6 Å². The Balaban J connectivity index is 1.20. The molecule has 1 saturated carbocycles. The van der Waals surface area contributed by atoms with Crippen LogP contribution < -0.4 is 15.4 Å². The van der Waals surface area contributed by atoms with Gasteiger partial charge in [0, 0.05) is 23.0 Å². The van der Waals surface area contributed by atoms with Crippen molar-refractivity contribution in [2.75, 3.05) is 0 Å². The number of nitrogens with zero attached hydrogens (tertiary/aromatic N) is 1. The summed E-state index contributed by atoms with van der Waals surface area (Å²) < 4.78 is 5.83. The average molecular weight is 492 g/mol.